The molecule has 0 heterocycles. The van der Waals surface area contributed by atoms with Crippen LogP contribution in [0.2, 0.25) is 0 Å². The molecule has 0 amide bonds. The minimum Gasteiger partial charge on any atom is -1.00 e. The summed E-state index contributed by atoms with van der Waals surface area (Å²) in [6.45, 7) is 0. The van der Waals surface area contributed by atoms with E-state index in [1.54, 1.807) is 0 Å². The number of hydrogen-bond donors (Lipinski definition) is 0. The Bertz CT molecular complexity index is 2920. The summed E-state index contributed by atoms with van der Waals surface area (Å²) in [6, 6.07) is 138. The van der Waals surface area contributed by atoms with Gasteiger partial charge in [0.05, 0.1) is 0 Å². The van der Waals surface area contributed by atoms with Crippen LogP contribution in [0.4, 0.5) is 4.39 Å². The Kier molecular flexibility index (Phi) is 30.9. The smallest absolute Gasteiger partial charge is 1.00 e. The molecular formula is C78H64ClFP4PdZn+2. The van der Waals surface area contributed by atoms with Crippen molar-refractivity contribution in [2.45, 2.75) is 0 Å². The predicted molar refractivity (Wildman–Crippen MR) is 366 cm³/mol. The Morgan fingerprint density at radius 1 is 0.186 bits per heavy atom. The summed E-state index contributed by atoms with van der Waals surface area (Å²) in [5.74, 6) is -0.209. The van der Waals surface area contributed by atoms with Gasteiger partial charge >= 0.3 is 39.9 Å². The summed E-state index contributed by atoms with van der Waals surface area (Å²) in [5.41, 5.74) is 0. The molecule has 0 atom stereocenters. The van der Waals surface area contributed by atoms with Crippen molar-refractivity contribution < 1.29 is 56.7 Å². The van der Waals surface area contributed by atoms with E-state index in [9.17, 15) is 4.39 Å². The third-order valence-corrected chi connectivity index (χ3v) is 22.6. The zero-order chi connectivity index (χ0) is 56.8. The second-order valence-corrected chi connectivity index (χ2v) is 27.5. The zero-order valence-corrected chi connectivity index (χ0v) is 56.4. The molecule has 86 heavy (non-hydrogen) atoms. The minimum absolute atomic E-state index is 0. The molecule has 0 saturated heterocycles. The van der Waals surface area contributed by atoms with E-state index >= 15 is 0 Å². The summed E-state index contributed by atoms with van der Waals surface area (Å²) >= 11 is 0. The molecule has 8 heteroatoms. The summed E-state index contributed by atoms with van der Waals surface area (Å²) in [7, 11) is -1.78. The second kappa shape index (κ2) is 39.0. The maximum Gasteiger partial charge on any atom is 2.00 e. The van der Waals surface area contributed by atoms with Gasteiger partial charge in [0.25, 0.3) is 0 Å². The monoisotopic (exact) mass is 1350 g/mol. The maximum atomic E-state index is 11.9. The second-order valence-electron chi connectivity index (χ2n) is 18.6. The quantitative estimate of drug-likeness (QED) is 0.0650. The van der Waals surface area contributed by atoms with Gasteiger partial charge in [0.2, 0.25) is 0 Å². The van der Waals surface area contributed by atoms with Crippen molar-refractivity contribution >= 4 is 95.3 Å². The normalized spacial score (nSPS) is 10.1. The zero-order valence-electron chi connectivity index (χ0n) is 47.5. The fraction of sp³-hybridized carbons (Fsp3) is 0. The summed E-state index contributed by atoms with van der Waals surface area (Å²) in [5, 5.41) is 16.8. The topological polar surface area (TPSA) is 0 Å². The standard InChI is InChI=1S/4C18H15P.C6H4F.ClH.Pd.Zn/c4*1-4-10-16(11-5-1)19(17-12-6-2-7-13-17)18-14-8-3-9-15-18;7-6-4-2-1-3-5-6;;;/h4*1-15H;2-5H;1H;;/q;;;;-1;;2*+2/p-1. The van der Waals surface area contributed by atoms with Gasteiger partial charge in [-0.15, -0.1) is 12.1 Å². The van der Waals surface area contributed by atoms with Crippen LogP contribution in [-0.4, -0.2) is 0 Å². The Hall–Kier alpha value is -6.91. The van der Waals surface area contributed by atoms with Gasteiger partial charge < -0.3 is 12.4 Å². The molecule has 13 rings (SSSR count). The van der Waals surface area contributed by atoms with E-state index in [1.165, 1.54) is 87.9 Å². The first-order valence-corrected chi connectivity index (χ1v) is 33.0. The molecule has 0 aliphatic carbocycles. The largest absolute Gasteiger partial charge is 2.00 e. The Morgan fingerprint density at radius 3 is 0.372 bits per heavy atom. The van der Waals surface area contributed by atoms with Crippen molar-refractivity contribution in [3.8, 4) is 0 Å². The molecule has 0 bridgehead atoms. The average Bonchev–Trinajstić information content (AvgIpc) is 3.16. The molecule has 0 saturated carbocycles. The third-order valence-electron chi connectivity index (χ3n) is 12.9. The van der Waals surface area contributed by atoms with Crippen LogP contribution in [0.5, 0.6) is 0 Å². The molecule has 0 aromatic heterocycles. The van der Waals surface area contributed by atoms with Crippen LogP contribution in [-0.2, 0) is 39.9 Å². The van der Waals surface area contributed by atoms with Crippen LogP contribution >= 0.6 is 31.7 Å². The van der Waals surface area contributed by atoms with Crippen LogP contribution < -0.4 is 76.1 Å². The van der Waals surface area contributed by atoms with Crippen molar-refractivity contribution in [3.63, 3.8) is 0 Å². The Balaban J connectivity index is 0.000000175. The van der Waals surface area contributed by atoms with E-state index in [2.05, 4.69) is 370 Å². The van der Waals surface area contributed by atoms with Gasteiger partial charge in [-0.1, -0.05) is 364 Å². The number of benzene rings is 13. The van der Waals surface area contributed by atoms with Gasteiger partial charge in [0.15, 0.2) is 0 Å². The summed E-state index contributed by atoms with van der Waals surface area (Å²) in [4.78, 5) is 0. The first-order chi connectivity index (χ1) is 41.2. The van der Waals surface area contributed by atoms with Crippen molar-refractivity contribution in [1.82, 2.24) is 0 Å². The van der Waals surface area contributed by atoms with Crippen LogP contribution in [0, 0.1) is 11.9 Å². The third kappa shape index (κ3) is 21.2. The van der Waals surface area contributed by atoms with Crippen molar-refractivity contribution in [1.29, 1.82) is 0 Å². The molecule has 0 aliphatic heterocycles. The fourth-order valence-electron chi connectivity index (χ4n) is 9.08. The molecule has 13 aromatic carbocycles. The molecule has 0 fully saturated rings. The predicted octanol–water partition coefficient (Wildman–Crippen LogP) is 12.4. The van der Waals surface area contributed by atoms with Gasteiger partial charge in [0.1, 0.15) is 0 Å². The van der Waals surface area contributed by atoms with Gasteiger partial charge in [0, 0.05) is 5.82 Å². The first kappa shape index (κ1) is 68.2. The van der Waals surface area contributed by atoms with Crippen molar-refractivity contribution in [2.24, 2.45) is 0 Å². The van der Waals surface area contributed by atoms with E-state index in [1.807, 2.05) is 0 Å². The van der Waals surface area contributed by atoms with Gasteiger partial charge in [-0.2, -0.15) is 18.2 Å². The van der Waals surface area contributed by atoms with E-state index in [0.29, 0.717) is 0 Å². The number of rotatable bonds is 12. The number of hydrogen-bond acceptors (Lipinski definition) is 0. The minimum atomic E-state index is -0.446. The molecule has 0 N–H and O–H groups in total. The molecule has 420 valence electrons. The average molecular weight is 1350 g/mol. The van der Waals surface area contributed by atoms with Crippen molar-refractivity contribution in [2.75, 3.05) is 0 Å². The molecule has 0 nitrogen and oxygen atoms in total. The maximum absolute atomic E-state index is 11.9. The number of halogens is 2. The first-order valence-electron chi connectivity index (χ1n) is 27.6. The van der Waals surface area contributed by atoms with Gasteiger partial charge in [-0.25, -0.2) is 4.39 Å². The SMILES string of the molecule is Fc1cc[c-]cc1.[Cl-].[Pd+2].[Zn+2].c1ccc(P(c2ccccc2)c2ccccc2)cc1.c1ccc(P(c2ccccc2)c2ccccc2)cc1.c1ccc(P(c2ccccc2)c2ccccc2)cc1.c1ccc(P(c2ccccc2)c2ccccc2)cc1. The molecule has 0 radical (unpaired) electrons. The van der Waals surface area contributed by atoms with Gasteiger partial charge in [-0.3, -0.25) is 0 Å². The molecule has 0 spiro atoms. The molecule has 0 aliphatic rings. The molecular weight excluding hydrogens is 1290 g/mol. The van der Waals surface area contributed by atoms with E-state index in [4.69, 9.17) is 0 Å². The molecule has 0 unspecified atom stereocenters. The van der Waals surface area contributed by atoms with Crippen LogP contribution in [0.25, 0.3) is 0 Å². The molecule has 13 aromatic rings. The van der Waals surface area contributed by atoms with Crippen LogP contribution in [0.15, 0.2) is 388 Å². The fourth-order valence-corrected chi connectivity index (χ4v) is 18.3. The Labute approximate surface area is 547 Å². The summed E-state index contributed by atoms with van der Waals surface area (Å²) in [6.07, 6.45) is 0. The van der Waals surface area contributed by atoms with E-state index < -0.39 is 31.7 Å². The van der Waals surface area contributed by atoms with Crippen LogP contribution in [0.1, 0.15) is 0 Å². The van der Waals surface area contributed by atoms with Crippen LogP contribution in [0.3, 0.4) is 0 Å². The van der Waals surface area contributed by atoms with E-state index in [-0.39, 0.29) is 58.1 Å². The summed E-state index contributed by atoms with van der Waals surface area (Å²) < 4.78 is 11.9. The van der Waals surface area contributed by atoms with E-state index in [0.717, 1.165) is 0 Å². The van der Waals surface area contributed by atoms with Gasteiger partial charge in [-0.05, 0) is 95.3 Å². The van der Waals surface area contributed by atoms with Crippen molar-refractivity contribution in [3.05, 3.63) is 400 Å². The Morgan fingerprint density at radius 2 is 0.291 bits per heavy atom.